The lowest BCUT2D eigenvalue weighted by molar-refractivity contribution is -0.148. The van der Waals surface area contributed by atoms with E-state index in [9.17, 15) is 9.59 Å². The third-order valence-electron chi connectivity index (χ3n) is 4.90. The number of ether oxygens (including phenoxy) is 1. The number of fused-ring (bicyclic) bond motifs is 2. The van der Waals surface area contributed by atoms with Gasteiger partial charge in [-0.15, -0.1) is 0 Å². The van der Waals surface area contributed by atoms with Crippen molar-refractivity contribution in [2.75, 3.05) is 11.9 Å². The van der Waals surface area contributed by atoms with Gasteiger partial charge < -0.3 is 10.1 Å². The molecule has 3 rings (SSSR count). The number of anilines is 1. The van der Waals surface area contributed by atoms with E-state index < -0.39 is 5.91 Å². The van der Waals surface area contributed by atoms with Crippen LogP contribution in [0.4, 0.5) is 5.69 Å². The van der Waals surface area contributed by atoms with Crippen LogP contribution in [0.2, 0.25) is 10.0 Å². The van der Waals surface area contributed by atoms with E-state index in [2.05, 4.69) is 5.32 Å². The minimum absolute atomic E-state index is 0.274. The van der Waals surface area contributed by atoms with Crippen LogP contribution in [0.5, 0.6) is 0 Å². The molecule has 1 aromatic carbocycles. The number of hydrogen-bond donors (Lipinski definition) is 1. The minimum Gasteiger partial charge on any atom is -0.456 e. The Kier molecular flexibility index (Phi) is 5.12. The van der Waals surface area contributed by atoms with Crippen molar-refractivity contribution in [3.63, 3.8) is 0 Å². The van der Waals surface area contributed by atoms with Crippen molar-refractivity contribution >= 4 is 40.8 Å². The zero-order valence-electron chi connectivity index (χ0n) is 12.7. The number of carbonyl (C=O) groups is 2. The van der Waals surface area contributed by atoms with Gasteiger partial charge in [-0.1, -0.05) is 35.7 Å². The van der Waals surface area contributed by atoms with Crippen LogP contribution in [0.1, 0.15) is 32.1 Å². The second-order valence-corrected chi connectivity index (χ2v) is 7.23. The second-order valence-electron chi connectivity index (χ2n) is 6.45. The van der Waals surface area contributed by atoms with Crippen LogP contribution in [0, 0.1) is 17.8 Å². The van der Waals surface area contributed by atoms with Gasteiger partial charge in [0.2, 0.25) is 0 Å². The fourth-order valence-corrected chi connectivity index (χ4v) is 4.18. The molecule has 0 aliphatic heterocycles. The maximum absolute atomic E-state index is 11.9. The molecule has 2 aliphatic rings. The standard InChI is InChI=1S/C17H19Cl2NO3/c18-13-2-1-3-14(17(13)19)20-15(21)9-23-16(22)8-12-7-10-4-5-11(12)6-10/h1-3,10-12H,4-9H2,(H,20,21)/t10-,11+,12-/m1/s1. The Morgan fingerprint density at radius 2 is 2.04 bits per heavy atom. The zero-order valence-corrected chi connectivity index (χ0v) is 14.2. The number of hydrogen-bond acceptors (Lipinski definition) is 3. The van der Waals surface area contributed by atoms with Crippen molar-refractivity contribution < 1.29 is 14.3 Å². The molecular formula is C17H19Cl2NO3. The van der Waals surface area contributed by atoms with Crippen molar-refractivity contribution in [2.24, 2.45) is 17.8 Å². The predicted molar refractivity (Wildman–Crippen MR) is 89.6 cm³/mol. The van der Waals surface area contributed by atoms with E-state index in [0.717, 1.165) is 12.3 Å². The molecule has 2 aliphatic carbocycles. The fourth-order valence-electron chi connectivity index (χ4n) is 3.83. The van der Waals surface area contributed by atoms with Crippen LogP contribution < -0.4 is 5.32 Å². The summed E-state index contributed by atoms with van der Waals surface area (Å²) in [6.07, 6.45) is 5.34. The number of amides is 1. The number of benzene rings is 1. The number of nitrogens with one attached hydrogen (secondary N) is 1. The molecule has 0 aromatic heterocycles. The molecule has 1 aromatic rings. The van der Waals surface area contributed by atoms with E-state index in [0.29, 0.717) is 29.0 Å². The molecule has 2 fully saturated rings. The average molecular weight is 356 g/mol. The Hall–Kier alpha value is -1.26. The first-order valence-electron chi connectivity index (χ1n) is 7.92. The van der Waals surface area contributed by atoms with Crippen molar-refractivity contribution in [3.8, 4) is 0 Å². The van der Waals surface area contributed by atoms with Gasteiger partial charge in [-0.05, 0) is 49.1 Å². The highest BCUT2D eigenvalue weighted by molar-refractivity contribution is 6.43. The van der Waals surface area contributed by atoms with Gasteiger partial charge in [-0.3, -0.25) is 9.59 Å². The van der Waals surface area contributed by atoms with Crippen LogP contribution in [-0.4, -0.2) is 18.5 Å². The SMILES string of the molecule is O=C(COC(=O)C[C@H]1C[C@@H]2CC[C@H]1C2)Nc1cccc(Cl)c1Cl. The summed E-state index contributed by atoms with van der Waals surface area (Å²) in [5, 5.41) is 3.23. The molecule has 6 heteroatoms. The Balaban J connectivity index is 1.43. The van der Waals surface area contributed by atoms with Crippen LogP contribution in [0.3, 0.4) is 0 Å². The molecular weight excluding hydrogens is 337 g/mol. The molecule has 1 amide bonds. The topological polar surface area (TPSA) is 55.4 Å². The maximum atomic E-state index is 11.9. The van der Waals surface area contributed by atoms with E-state index in [1.807, 2.05) is 0 Å². The molecule has 0 spiro atoms. The highest BCUT2D eigenvalue weighted by Crippen LogP contribution is 2.49. The normalized spacial score (nSPS) is 25.4. The highest BCUT2D eigenvalue weighted by atomic mass is 35.5. The lowest BCUT2D eigenvalue weighted by atomic mass is 9.86. The van der Waals surface area contributed by atoms with Gasteiger partial charge in [0, 0.05) is 6.42 Å². The van der Waals surface area contributed by atoms with Gasteiger partial charge >= 0.3 is 5.97 Å². The van der Waals surface area contributed by atoms with Crippen LogP contribution in [0.15, 0.2) is 18.2 Å². The lowest BCUT2D eigenvalue weighted by Gasteiger charge is -2.20. The Morgan fingerprint density at radius 1 is 1.22 bits per heavy atom. The quantitative estimate of drug-likeness (QED) is 0.801. The third kappa shape index (κ3) is 3.99. The van der Waals surface area contributed by atoms with E-state index >= 15 is 0 Å². The molecule has 0 unspecified atom stereocenters. The Labute approximate surface area is 145 Å². The minimum atomic E-state index is -0.421. The van der Waals surface area contributed by atoms with Crippen molar-refractivity contribution in [3.05, 3.63) is 28.2 Å². The Bertz CT molecular complexity index is 620. The van der Waals surface area contributed by atoms with Crippen LogP contribution in [0.25, 0.3) is 0 Å². The first kappa shape index (κ1) is 16.6. The predicted octanol–water partition coefficient (Wildman–Crippen LogP) is 4.30. The molecule has 23 heavy (non-hydrogen) atoms. The molecule has 0 radical (unpaired) electrons. The number of halogens is 2. The summed E-state index contributed by atoms with van der Waals surface area (Å²) in [6.45, 7) is -0.303. The summed E-state index contributed by atoms with van der Waals surface area (Å²) < 4.78 is 5.09. The van der Waals surface area contributed by atoms with E-state index in [-0.39, 0.29) is 17.6 Å². The summed E-state index contributed by atoms with van der Waals surface area (Å²) in [7, 11) is 0. The lowest BCUT2D eigenvalue weighted by Crippen LogP contribution is -2.23. The largest absolute Gasteiger partial charge is 0.456 e. The first-order chi connectivity index (χ1) is 11.0. The monoisotopic (exact) mass is 355 g/mol. The number of rotatable bonds is 5. The highest BCUT2D eigenvalue weighted by Gasteiger charge is 2.40. The van der Waals surface area contributed by atoms with Gasteiger partial charge in [-0.25, -0.2) is 0 Å². The van der Waals surface area contributed by atoms with Crippen LogP contribution >= 0.6 is 23.2 Å². The van der Waals surface area contributed by atoms with Crippen molar-refractivity contribution in [2.45, 2.75) is 32.1 Å². The summed E-state index contributed by atoms with van der Waals surface area (Å²) in [6, 6.07) is 4.96. The van der Waals surface area contributed by atoms with E-state index in [1.54, 1.807) is 18.2 Å². The fraction of sp³-hybridized carbons (Fsp3) is 0.529. The van der Waals surface area contributed by atoms with Gasteiger partial charge in [0.05, 0.1) is 15.7 Å². The maximum Gasteiger partial charge on any atom is 0.306 e. The average Bonchev–Trinajstić information content (AvgIpc) is 3.12. The molecule has 1 N–H and O–H groups in total. The van der Waals surface area contributed by atoms with Crippen molar-refractivity contribution in [1.29, 1.82) is 0 Å². The third-order valence-corrected chi connectivity index (χ3v) is 5.72. The molecule has 124 valence electrons. The summed E-state index contributed by atoms with van der Waals surface area (Å²) in [5.74, 6) is 1.19. The van der Waals surface area contributed by atoms with Gasteiger partial charge in [0.1, 0.15) is 0 Å². The molecule has 3 atom stereocenters. The second kappa shape index (κ2) is 7.10. The molecule has 2 saturated carbocycles. The van der Waals surface area contributed by atoms with E-state index in [1.165, 1.54) is 19.3 Å². The number of carbonyl (C=O) groups excluding carboxylic acids is 2. The van der Waals surface area contributed by atoms with Gasteiger partial charge in [0.15, 0.2) is 6.61 Å². The van der Waals surface area contributed by atoms with Crippen LogP contribution in [-0.2, 0) is 14.3 Å². The number of esters is 1. The van der Waals surface area contributed by atoms with Crippen molar-refractivity contribution in [1.82, 2.24) is 0 Å². The molecule has 0 heterocycles. The smallest absolute Gasteiger partial charge is 0.306 e. The van der Waals surface area contributed by atoms with Gasteiger partial charge in [0.25, 0.3) is 5.91 Å². The molecule has 2 bridgehead atoms. The molecule has 0 saturated heterocycles. The summed E-state index contributed by atoms with van der Waals surface area (Å²) in [4.78, 5) is 23.8. The molecule has 4 nitrogen and oxygen atoms in total. The first-order valence-corrected chi connectivity index (χ1v) is 8.68. The zero-order chi connectivity index (χ0) is 16.4. The Morgan fingerprint density at radius 3 is 2.74 bits per heavy atom. The summed E-state index contributed by atoms with van der Waals surface area (Å²) in [5.41, 5.74) is 0.410. The van der Waals surface area contributed by atoms with E-state index in [4.69, 9.17) is 27.9 Å². The van der Waals surface area contributed by atoms with Gasteiger partial charge in [-0.2, -0.15) is 0 Å². The summed E-state index contributed by atoms with van der Waals surface area (Å²) >= 11 is 11.9.